The fourth-order valence-electron chi connectivity index (χ4n) is 2.43. The van der Waals surface area contributed by atoms with Crippen molar-refractivity contribution in [2.75, 3.05) is 0 Å². The molecule has 6 heteroatoms. The average molecular weight is 361 g/mol. The molecule has 0 saturated heterocycles. The van der Waals surface area contributed by atoms with Crippen LogP contribution in [0.1, 0.15) is 55.2 Å². The minimum atomic E-state index is -0.603. The van der Waals surface area contributed by atoms with Crippen LogP contribution >= 0.6 is 11.6 Å². The third kappa shape index (κ3) is 4.57. The molecule has 1 atom stereocenters. The molecular weight excluding hydrogens is 340 g/mol. The largest absolute Gasteiger partial charge is 0.346 e. The Morgan fingerprint density at radius 1 is 1.16 bits per heavy atom. The molecule has 2 aromatic rings. The Labute approximate surface area is 152 Å². The predicted molar refractivity (Wildman–Crippen MR) is 99.1 cm³/mol. The molecule has 0 spiro atoms. The minimum Gasteiger partial charge on any atom is -0.346 e. The molecule has 0 aromatic heterocycles. The molecule has 0 aliphatic rings. The Balaban J connectivity index is 2.15. The lowest BCUT2D eigenvalue weighted by Crippen LogP contribution is -2.26. The summed E-state index contributed by atoms with van der Waals surface area (Å²) in [6, 6.07) is 11.9. The molecule has 0 radical (unpaired) electrons. The molecule has 0 fully saturated rings. The lowest BCUT2D eigenvalue weighted by Gasteiger charge is -2.20. The molecule has 0 aliphatic carbocycles. The van der Waals surface area contributed by atoms with Crippen LogP contribution in [0.2, 0.25) is 5.02 Å². The molecule has 0 bridgehead atoms. The molecule has 132 valence electrons. The van der Waals surface area contributed by atoms with Crippen molar-refractivity contribution in [1.82, 2.24) is 5.32 Å². The van der Waals surface area contributed by atoms with Crippen molar-refractivity contribution >= 4 is 23.2 Å². The number of carbonyl (C=O) groups excluding carboxylic acids is 1. The van der Waals surface area contributed by atoms with E-state index in [0.29, 0.717) is 0 Å². The van der Waals surface area contributed by atoms with Crippen LogP contribution in [-0.2, 0) is 5.41 Å². The predicted octanol–water partition coefficient (Wildman–Crippen LogP) is 5.04. The summed E-state index contributed by atoms with van der Waals surface area (Å²) >= 11 is 5.78. The number of nitrogens with zero attached hydrogens (tertiary/aromatic N) is 1. The van der Waals surface area contributed by atoms with E-state index in [1.807, 2.05) is 31.2 Å². The van der Waals surface area contributed by atoms with E-state index < -0.39 is 4.92 Å². The molecule has 1 amide bonds. The van der Waals surface area contributed by atoms with Crippen molar-refractivity contribution in [2.24, 2.45) is 0 Å². The molecule has 0 saturated carbocycles. The highest BCUT2D eigenvalue weighted by Gasteiger charge is 2.18. The van der Waals surface area contributed by atoms with Crippen molar-refractivity contribution in [2.45, 2.75) is 39.2 Å². The van der Waals surface area contributed by atoms with E-state index in [1.54, 1.807) is 0 Å². The Hall–Kier alpha value is -2.40. The summed E-state index contributed by atoms with van der Waals surface area (Å²) in [5, 5.41) is 13.8. The van der Waals surface area contributed by atoms with E-state index in [9.17, 15) is 14.9 Å². The van der Waals surface area contributed by atoms with Gasteiger partial charge >= 0.3 is 0 Å². The smallest absolute Gasteiger partial charge is 0.288 e. The fraction of sp³-hybridized carbons (Fsp3) is 0.316. The Bertz CT molecular complexity index is 795. The summed E-state index contributed by atoms with van der Waals surface area (Å²) in [6.45, 7) is 8.29. The van der Waals surface area contributed by atoms with Crippen molar-refractivity contribution in [3.8, 4) is 0 Å². The van der Waals surface area contributed by atoms with E-state index in [0.717, 1.165) is 5.56 Å². The first-order chi connectivity index (χ1) is 11.6. The SMILES string of the molecule is C[C@@H](NC(=O)c1ccc(Cl)c([N+](=O)[O-])c1)c1ccc(C(C)(C)C)cc1. The van der Waals surface area contributed by atoms with Gasteiger partial charge in [0.05, 0.1) is 11.0 Å². The first kappa shape index (κ1) is 18.9. The third-order valence-electron chi connectivity index (χ3n) is 4.03. The monoisotopic (exact) mass is 360 g/mol. The maximum Gasteiger partial charge on any atom is 0.288 e. The zero-order valence-electron chi connectivity index (χ0n) is 14.7. The van der Waals surface area contributed by atoms with Crippen LogP contribution in [0.5, 0.6) is 0 Å². The highest BCUT2D eigenvalue weighted by atomic mass is 35.5. The molecule has 1 N–H and O–H groups in total. The number of carbonyl (C=O) groups is 1. The number of benzene rings is 2. The maximum absolute atomic E-state index is 12.4. The summed E-state index contributed by atoms with van der Waals surface area (Å²) in [4.78, 5) is 22.7. The fourth-order valence-corrected chi connectivity index (χ4v) is 2.62. The topological polar surface area (TPSA) is 72.2 Å². The van der Waals surface area contributed by atoms with E-state index in [2.05, 4.69) is 26.1 Å². The normalized spacial score (nSPS) is 12.5. The molecule has 0 aliphatic heterocycles. The van der Waals surface area contributed by atoms with Crippen LogP contribution in [0.25, 0.3) is 0 Å². The second kappa shape index (κ2) is 7.23. The van der Waals surface area contributed by atoms with E-state index >= 15 is 0 Å². The Kier molecular flexibility index (Phi) is 5.48. The van der Waals surface area contributed by atoms with Gasteiger partial charge in [-0.25, -0.2) is 0 Å². The number of hydrogen-bond acceptors (Lipinski definition) is 3. The van der Waals surface area contributed by atoms with Gasteiger partial charge < -0.3 is 5.32 Å². The minimum absolute atomic E-state index is 0.00682. The number of nitrogens with one attached hydrogen (secondary N) is 1. The highest BCUT2D eigenvalue weighted by molar-refractivity contribution is 6.32. The standard InChI is InChI=1S/C19H21ClN2O3/c1-12(13-5-8-15(9-6-13)19(2,3)4)21-18(23)14-7-10-16(20)17(11-14)22(24)25/h5-12H,1-4H3,(H,21,23)/t12-/m1/s1. The van der Waals surface area contributed by atoms with Crippen molar-refractivity contribution in [3.05, 3.63) is 74.3 Å². The molecular formula is C19H21ClN2O3. The van der Waals surface area contributed by atoms with Gasteiger partial charge in [0, 0.05) is 11.6 Å². The van der Waals surface area contributed by atoms with Crippen molar-refractivity contribution in [3.63, 3.8) is 0 Å². The second-order valence-electron chi connectivity index (χ2n) is 6.99. The number of amides is 1. The van der Waals surface area contributed by atoms with Gasteiger partial charge in [0.25, 0.3) is 11.6 Å². The van der Waals surface area contributed by atoms with Gasteiger partial charge in [0.1, 0.15) is 5.02 Å². The van der Waals surface area contributed by atoms with Crippen LogP contribution < -0.4 is 5.32 Å². The second-order valence-corrected chi connectivity index (χ2v) is 7.40. The lowest BCUT2D eigenvalue weighted by atomic mass is 9.86. The van der Waals surface area contributed by atoms with E-state index in [4.69, 9.17) is 11.6 Å². The van der Waals surface area contributed by atoms with Crippen molar-refractivity contribution < 1.29 is 9.72 Å². The van der Waals surface area contributed by atoms with Gasteiger partial charge in [-0.2, -0.15) is 0 Å². The molecule has 2 rings (SSSR count). The maximum atomic E-state index is 12.4. The number of rotatable bonds is 4. The molecule has 5 nitrogen and oxygen atoms in total. The van der Waals surface area contributed by atoms with E-state index in [1.165, 1.54) is 23.8 Å². The number of halogens is 1. The number of nitro groups is 1. The highest BCUT2D eigenvalue weighted by Crippen LogP contribution is 2.26. The number of hydrogen-bond donors (Lipinski definition) is 1. The first-order valence-electron chi connectivity index (χ1n) is 7.95. The zero-order chi connectivity index (χ0) is 18.8. The van der Waals surface area contributed by atoms with E-state index in [-0.39, 0.29) is 33.6 Å². The van der Waals surface area contributed by atoms with Gasteiger partial charge in [0.15, 0.2) is 0 Å². The summed E-state index contributed by atoms with van der Waals surface area (Å²) in [6.07, 6.45) is 0. The Morgan fingerprint density at radius 3 is 2.28 bits per heavy atom. The lowest BCUT2D eigenvalue weighted by molar-refractivity contribution is -0.384. The molecule has 0 heterocycles. The van der Waals surface area contributed by atoms with Gasteiger partial charge in [0.2, 0.25) is 0 Å². The number of nitro benzene ring substituents is 1. The van der Waals surface area contributed by atoms with Crippen LogP contribution in [0.4, 0.5) is 5.69 Å². The van der Waals surface area contributed by atoms with Crippen LogP contribution in [0.3, 0.4) is 0 Å². The molecule has 0 unspecified atom stereocenters. The van der Waals surface area contributed by atoms with Gasteiger partial charge in [-0.05, 0) is 35.6 Å². The van der Waals surface area contributed by atoms with Crippen LogP contribution in [0, 0.1) is 10.1 Å². The summed E-state index contributed by atoms with van der Waals surface area (Å²) in [7, 11) is 0. The molecule has 2 aromatic carbocycles. The summed E-state index contributed by atoms with van der Waals surface area (Å²) in [5.41, 5.74) is 2.16. The first-order valence-corrected chi connectivity index (χ1v) is 8.32. The summed E-state index contributed by atoms with van der Waals surface area (Å²) < 4.78 is 0. The van der Waals surface area contributed by atoms with Crippen molar-refractivity contribution in [1.29, 1.82) is 0 Å². The van der Waals surface area contributed by atoms with Gasteiger partial charge in [-0.15, -0.1) is 0 Å². The third-order valence-corrected chi connectivity index (χ3v) is 4.35. The van der Waals surface area contributed by atoms with Gasteiger partial charge in [-0.3, -0.25) is 14.9 Å². The summed E-state index contributed by atoms with van der Waals surface area (Å²) in [5.74, 6) is -0.382. The average Bonchev–Trinajstić information content (AvgIpc) is 2.54. The van der Waals surface area contributed by atoms with Crippen LogP contribution in [-0.4, -0.2) is 10.8 Å². The quantitative estimate of drug-likeness (QED) is 0.613. The van der Waals surface area contributed by atoms with Gasteiger partial charge in [-0.1, -0.05) is 56.6 Å². The molecule has 25 heavy (non-hydrogen) atoms. The van der Waals surface area contributed by atoms with Crippen LogP contribution in [0.15, 0.2) is 42.5 Å². The zero-order valence-corrected chi connectivity index (χ0v) is 15.4. The Morgan fingerprint density at radius 2 is 1.76 bits per heavy atom.